The second kappa shape index (κ2) is 8.40. The maximum Gasteiger partial charge on any atom is 0.240 e. The van der Waals surface area contributed by atoms with E-state index in [4.69, 9.17) is 5.26 Å². The van der Waals surface area contributed by atoms with Crippen molar-refractivity contribution in [2.45, 2.75) is 24.8 Å². The second-order valence-corrected chi connectivity index (χ2v) is 7.83. The molecule has 0 bridgehead atoms. The minimum absolute atomic E-state index is 0.0137. The Kier molecular flexibility index (Phi) is 6.52. The van der Waals surface area contributed by atoms with Gasteiger partial charge in [0.1, 0.15) is 0 Å². The van der Waals surface area contributed by atoms with Gasteiger partial charge in [0.25, 0.3) is 0 Å². The minimum atomic E-state index is -3.65. The maximum absolute atomic E-state index is 12.5. The van der Waals surface area contributed by atoms with Crippen LogP contribution in [0.1, 0.15) is 31.0 Å². The smallest absolute Gasteiger partial charge is 0.240 e. The Morgan fingerprint density at radius 2 is 2.04 bits per heavy atom. The zero-order chi connectivity index (χ0) is 17.6. The molecule has 0 fully saturated rings. The Bertz CT molecular complexity index is 791. The van der Waals surface area contributed by atoms with E-state index in [0.29, 0.717) is 5.56 Å². The summed E-state index contributed by atoms with van der Waals surface area (Å²) in [6.07, 6.45) is 0. The van der Waals surface area contributed by atoms with Gasteiger partial charge in [0.2, 0.25) is 10.0 Å². The largest absolute Gasteiger partial charge is 0.296 e. The van der Waals surface area contributed by atoms with Gasteiger partial charge >= 0.3 is 0 Å². The zero-order valence-electron chi connectivity index (χ0n) is 13.8. The highest BCUT2D eigenvalue weighted by atomic mass is 32.2. The van der Waals surface area contributed by atoms with Crippen molar-refractivity contribution in [1.29, 1.82) is 5.26 Å². The normalized spacial score (nSPS) is 12.9. The van der Waals surface area contributed by atoms with Crippen LogP contribution < -0.4 is 4.72 Å². The molecule has 0 unspecified atom stereocenters. The summed E-state index contributed by atoms with van der Waals surface area (Å²) in [6, 6.07) is 10.0. The molecule has 24 heavy (non-hydrogen) atoms. The first kappa shape index (κ1) is 18.6. The molecule has 1 N–H and O–H groups in total. The van der Waals surface area contributed by atoms with Crippen molar-refractivity contribution in [3.63, 3.8) is 0 Å². The molecular formula is C17H21N3O2S2. The van der Waals surface area contributed by atoms with Crippen molar-refractivity contribution in [3.8, 4) is 6.07 Å². The molecule has 0 saturated carbocycles. The van der Waals surface area contributed by atoms with Crippen molar-refractivity contribution in [3.05, 3.63) is 52.2 Å². The number of nitrogens with zero attached hydrogens (tertiary/aromatic N) is 2. The first-order valence-electron chi connectivity index (χ1n) is 7.77. The highest BCUT2D eigenvalue weighted by Gasteiger charge is 2.22. The number of hydrogen-bond donors (Lipinski definition) is 1. The number of likely N-dealkylation sites (N-methyl/N-ethyl adjacent to an activating group) is 1. The van der Waals surface area contributed by atoms with Crippen LogP contribution in [0.5, 0.6) is 0 Å². The van der Waals surface area contributed by atoms with Crippen molar-refractivity contribution in [2.24, 2.45) is 0 Å². The molecule has 2 aromatic rings. The van der Waals surface area contributed by atoms with E-state index in [0.717, 1.165) is 18.7 Å². The average molecular weight is 364 g/mol. The van der Waals surface area contributed by atoms with Crippen LogP contribution in [0, 0.1) is 11.3 Å². The van der Waals surface area contributed by atoms with Gasteiger partial charge in [-0.2, -0.15) is 16.6 Å². The summed E-state index contributed by atoms with van der Waals surface area (Å²) in [5.74, 6) is 0. The van der Waals surface area contributed by atoms with E-state index in [2.05, 4.69) is 23.5 Å². The number of sulfonamides is 1. The van der Waals surface area contributed by atoms with Crippen LogP contribution in [0.15, 0.2) is 46.0 Å². The van der Waals surface area contributed by atoms with Crippen molar-refractivity contribution >= 4 is 21.4 Å². The van der Waals surface area contributed by atoms with E-state index >= 15 is 0 Å². The van der Waals surface area contributed by atoms with Crippen LogP contribution in [-0.4, -0.2) is 33.0 Å². The SMILES string of the molecule is CCN(CC)[C@H](CNS(=O)(=O)c1cccc(C#N)c1)c1ccsc1. The highest BCUT2D eigenvalue weighted by molar-refractivity contribution is 7.89. The number of hydrogen-bond acceptors (Lipinski definition) is 5. The standard InChI is InChI=1S/C17H21N3O2S2/c1-3-20(4-2)17(15-8-9-23-13-15)12-19-24(21,22)16-7-5-6-14(10-16)11-18/h5-10,13,17,19H,3-4,12H2,1-2H3/t17-/m1/s1. The van der Waals surface area contributed by atoms with E-state index in [9.17, 15) is 8.42 Å². The van der Waals surface area contributed by atoms with E-state index in [-0.39, 0.29) is 17.5 Å². The van der Waals surface area contributed by atoms with E-state index < -0.39 is 10.0 Å². The number of nitrogens with one attached hydrogen (secondary N) is 1. The maximum atomic E-state index is 12.5. The Labute approximate surface area is 147 Å². The van der Waals surface area contributed by atoms with Gasteiger partial charge in [0.15, 0.2) is 0 Å². The summed E-state index contributed by atoms with van der Waals surface area (Å²) >= 11 is 1.60. The van der Waals surface area contributed by atoms with Crippen molar-refractivity contribution in [2.75, 3.05) is 19.6 Å². The Morgan fingerprint density at radius 3 is 2.62 bits per heavy atom. The first-order chi connectivity index (χ1) is 11.5. The molecule has 7 heteroatoms. The van der Waals surface area contributed by atoms with Gasteiger partial charge in [-0.25, -0.2) is 13.1 Å². The third-order valence-electron chi connectivity index (χ3n) is 3.92. The van der Waals surface area contributed by atoms with Gasteiger partial charge in [0, 0.05) is 12.6 Å². The molecular weight excluding hydrogens is 342 g/mol. The second-order valence-electron chi connectivity index (χ2n) is 5.29. The summed E-state index contributed by atoms with van der Waals surface area (Å²) in [6.45, 7) is 6.09. The van der Waals surface area contributed by atoms with Crippen LogP contribution in [0.25, 0.3) is 0 Å². The Balaban J connectivity index is 2.20. The van der Waals surface area contributed by atoms with Crippen LogP contribution in [0.2, 0.25) is 0 Å². The molecule has 0 amide bonds. The predicted octanol–water partition coefficient (Wildman–Crippen LogP) is 2.98. The van der Waals surface area contributed by atoms with Gasteiger partial charge in [-0.1, -0.05) is 19.9 Å². The van der Waals surface area contributed by atoms with Gasteiger partial charge < -0.3 is 0 Å². The van der Waals surface area contributed by atoms with E-state index in [1.54, 1.807) is 23.5 Å². The lowest BCUT2D eigenvalue weighted by atomic mass is 10.1. The summed E-state index contributed by atoms with van der Waals surface area (Å²) in [4.78, 5) is 2.33. The number of nitriles is 1. The molecule has 1 aromatic carbocycles. The van der Waals surface area contributed by atoms with Crippen molar-refractivity contribution < 1.29 is 8.42 Å². The molecule has 0 aliphatic heterocycles. The summed E-state index contributed by atoms with van der Waals surface area (Å²) in [5.41, 5.74) is 1.44. The lowest BCUT2D eigenvalue weighted by molar-refractivity contribution is 0.220. The number of rotatable bonds is 8. The Hall–Kier alpha value is -1.72. The number of thiophene rings is 1. The fourth-order valence-corrected chi connectivity index (χ4v) is 4.38. The van der Waals surface area contributed by atoms with Gasteiger partial charge in [-0.15, -0.1) is 0 Å². The number of benzene rings is 1. The van der Waals surface area contributed by atoms with Gasteiger partial charge in [-0.3, -0.25) is 4.90 Å². The fourth-order valence-electron chi connectivity index (χ4n) is 2.59. The van der Waals surface area contributed by atoms with E-state index in [1.165, 1.54) is 12.1 Å². The van der Waals surface area contributed by atoms with Crippen LogP contribution in [0.3, 0.4) is 0 Å². The summed E-state index contributed by atoms with van der Waals surface area (Å²) < 4.78 is 27.8. The molecule has 0 radical (unpaired) electrons. The van der Waals surface area contributed by atoms with Gasteiger partial charge in [0.05, 0.1) is 16.5 Å². The molecule has 2 rings (SSSR count). The molecule has 0 spiro atoms. The van der Waals surface area contributed by atoms with Crippen molar-refractivity contribution in [1.82, 2.24) is 9.62 Å². The van der Waals surface area contributed by atoms with Gasteiger partial charge in [-0.05, 0) is 53.7 Å². The molecule has 1 heterocycles. The van der Waals surface area contributed by atoms with E-state index in [1.807, 2.05) is 22.9 Å². The fraction of sp³-hybridized carbons (Fsp3) is 0.353. The lowest BCUT2D eigenvalue weighted by Crippen LogP contribution is -2.37. The molecule has 5 nitrogen and oxygen atoms in total. The van der Waals surface area contributed by atoms with Crippen LogP contribution in [0.4, 0.5) is 0 Å². The molecule has 0 aliphatic carbocycles. The van der Waals surface area contributed by atoms with Crippen LogP contribution in [-0.2, 0) is 10.0 Å². The topological polar surface area (TPSA) is 73.2 Å². The molecule has 0 saturated heterocycles. The zero-order valence-corrected chi connectivity index (χ0v) is 15.4. The highest BCUT2D eigenvalue weighted by Crippen LogP contribution is 2.23. The molecule has 128 valence electrons. The lowest BCUT2D eigenvalue weighted by Gasteiger charge is -2.29. The summed E-state index contributed by atoms with van der Waals surface area (Å²) in [5, 5.41) is 13.0. The monoisotopic (exact) mass is 363 g/mol. The summed E-state index contributed by atoms with van der Waals surface area (Å²) in [7, 11) is -3.65. The third-order valence-corrected chi connectivity index (χ3v) is 6.04. The Morgan fingerprint density at radius 1 is 1.29 bits per heavy atom. The average Bonchev–Trinajstić information content (AvgIpc) is 3.13. The molecule has 1 aromatic heterocycles. The molecule has 1 atom stereocenters. The predicted molar refractivity (Wildman–Crippen MR) is 96.3 cm³/mol. The first-order valence-corrected chi connectivity index (χ1v) is 10.2. The quantitative estimate of drug-likeness (QED) is 0.782. The minimum Gasteiger partial charge on any atom is -0.296 e. The third kappa shape index (κ3) is 4.42. The molecule has 0 aliphatic rings. The van der Waals surface area contributed by atoms with Crippen LogP contribution >= 0.6 is 11.3 Å².